The van der Waals surface area contributed by atoms with Crippen LogP contribution in [0.3, 0.4) is 0 Å². The van der Waals surface area contributed by atoms with Crippen molar-refractivity contribution >= 4 is 17.5 Å². The number of halogens is 2. The van der Waals surface area contributed by atoms with Gasteiger partial charge in [0.2, 0.25) is 0 Å². The molecule has 1 aromatic rings. The van der Waals surface area contributed by atoms with Crippen molar-refractivity contribution in [1.29, 1.82) is 0 Å². The van der Waals surface area contributed by atoms with Crippen LogP contribution in [0.5, 0.6) is 0 Å². The van der Waals surface area contributed by atoms with E-state index in [1.807, 2.05) is 0 Å². The van der Waals surface area contributed by atoms with E-state index in [0.29, 0.717) is 12.6 Å². The molecule has 98 valence electrons. The van der Waals surface area contributed by atoms with Gasteiger partial charge in [0.25, 0.3) is 5.91 Å². The molecule has 1 atom stereocenters. The van der Waals surface area contributed by atoms with Gasteiger partial charge in [-0.05, 0) is 37.9 Å². The van der Waals surface area contributed by atoms with Crippen LogP contribution in [0.15, 0.2) is 18.2 Å². The van der Waals surface area contributed by atoms with Gasteiger partial charge in [-0.3, -0.25) is 4.79 Å². The van der Waals surface area contributed by atoms with Crippen LogP contribution < -0.4 is 10.6 Å². The molecule has 0 spiro atoms. The van der Waals surface area contributed by atoms with E-state index in [1.165, 1.54) is 18.6 Å². The molecule has 0 aromatic heterocycles. The minimum atomic E-state index is -0.657. The lowest BCUT2D eigenvalue weighted by Gasteiger charge is -2.11. The first-order valence-electron chi connectivity index (χ1n) is 6.14. The minimum Gasteiger partial charge on any atom is -0.352 e. The Morgan fingerprint density at radius 2 is 2.39 bits per heavy atom. The maximum Gasteiger partial charge on any atom is 0.254 e. The molecule has 3 nitrogen and oxygen atoms in total. The van der Waals surface area contributed by atoms with Crippen LogP contribution >= 0.6 is 11.6 Å². The molecular weight excluding hydrogens is 255 g/mol. The van der Waals surface area contributed by atoms with Crippen molar-refractivity contribution in [1.82, 2.24) is 10.6 Å². The standard InChI is InChI=1S/C13H16ClFN2O/c14-11-5-1-4-10(12(11)15)13(18)17-8-6-9-3-2-7-16-9/h1,4-5,9,16H,2-3,6-8H2,(H,17,18)/t9-/m1/s1. The molecular formula is C13H16ClFN2O. The van der Waals surface area contributed by atoms with Crippen molar-refractivity contribution in [2.24, 2.45) is 0 Å². The van der Waals surface area contributed by atoms with E-state index in [1.54, 1.807) is 6.07 Å². The highest BCUT2D eigenvalue weighted by Crippen LogP contribution is 2.17. The third-order valence-electron chi connectivity index (χ3n) is 3.14. The van der Waals surface area contributed by atoms with Crippen LogP contribution in [0.2, 0.25) is 5.02 Å². The smallest absolute Gasteiger partial charge is 0.254 e. The molecule has 2 rings (SSSR count). The number of hydrogen-bond donors (Lipinski definition) is 2. The monoisotopic (exact) mass is 270 g/mol. The first kappa shape index (κ1) is 13.3. The predicted molar refractivity (Wildman–Crippen MR) is 69.4 cm³/mol. The number of benzene rings is 1. The highest BCUT2D eigenvalue weighted by atomic mass is 35.5. The summed E-state index contributed by atoms with van der Waals surface area (Å²) < 4.78 is 13.6. The summed E-state index contributed by atoms with van der Waals surface area (Å²) in [6.07, 6.45) is 3.19. The lowest BCUT2D eigenvalue weighted by Crippen LogP contribution is -2.31. The maximum absolute atomic E-state index is 13.6. The summed E-state index contributed by atoms with van der Waals surface area (Å²) in [6, 6.07) is 4.90. The van der Waals surface area contributed by atoms with E-state index >= 15 is 0 Å². The number of amides is 1. The third kappa shape index (κ3) is 3.21. The zero-order valence-corrected chi connectivity index (χ0v) is 10.8. The highest BCUT2D eigenvalue weighted by molar-refractivity contribution is 6.31. The van der Waals surface area contributed by atoms with Crippen molar-refractivity contribution in [2.75, 3.05) is 13.1 Å². The van der Waals surface area contributed by atoms with Gasteiger partial charge in [0, 0.05) is 12.6 Å². The Labute approximate surface area is 111 Å². The van der Waals surface area contributed by atoms with Crippen LogP contribution in [-0.4, -0.2) is 25.0 Å². The molecule has 1 fully saturated rings. The fourth-order valence-electron chi connectivity index (χ4n) is 2.14. The van der Waals surface area contributed by atoms with Crippen LogP contribution in [0.4, 0.5) is 4.39 Å². The summed E-state index contributed by atoms with van der Waals surface area (Å²) in [7, 11) is 0. The van der Waals surface area contributed by atoms with E-state index in [0.717, 1.165) is 19.4 Å². The van der Waals surface area contributed by atoms with Crippen molar-refractivity contribution < 1.29 is 9.18 Å². The Morgan fingerprint density at radius 3 is 3.11 bits per heavy atom. The summed E-state index contributed by atoms with van der Waals surface area (Å²) >= 11 is 5.63. The van der Waals surface area contributed by atoms with E-state index in [9.17, 15) is 9.18 Å². The maximum atomic E-state index is 13.6. The lowest BCUT2D eigenvalue weighted by atomic mass is 10.1. The molecule has 2 N–H and O–H groups in total. The quantitative estimate of drug-likeness (QED) is 0.882. The fraction of sp³-hybridized carbons (Fsp3) is 0.462. The molecule has 18 heavy (non-hydrogen) atoms. The van der Waals surface area contributed by atoms with Crippen molar-refractivity contribution in [3.8, 4) is 0 Å². The van der Waals surface area contributed by atoms with Crippen molar-refractivity contribution in [3.05, 3.63) is 34.6 Å². The minimum absolute atomic E-state index is 0.00174. The average molecular weight is 271 g/mol. The van der Waals surface area contributed by atoms with Gasteiger partial charge in [0.15, 0.2) is 5.82 Å². The zero-order valence-electron chi connectivity index (χ0n) is 10.0. The van der Waals surface area contributed by atoms with E-state index in [-0.39, 0.29) is 10.6 Å². The third-order valence-corrected chi connectivity index (χ3v) is 3.43. The number of carbonyl (C=O) groups is 1. The van der Waals surface area contributed by atoms with Crippen molar-refractivity contribution in [3.63, 3.8) is 0 Å². The summed E-state index contributed by atoms with van der Waals surface area (Å²) in [5, 5.41) is 6.03. The normalized spacial score (nSPS) is 18.9. The van der Waals surface area contributed by atoms with Gasteiger partial charge < -0.3 is 10.6 Å². The zero-order chi connectivity index (χ0) is 13.0. The van der Waals surface area contributed by atoms with Gasteiger partial charge in [-0.25, -0.2) is 4.39 Å². The van der Waals surface area contributed by atoms with Gasteiger partial charge in [0.1, 0.15) is 0 Å². The molecule has 0 radical (unpaired) electrons. The summed E-state index contributed by atoms with van der Waals surface area (Å²) in [6.45, 7) is 1.59. The number of carbonyl (C=O) groups excluding carboxylic acids is 1. The number of nitrogens with one attached hydrogen (secondary N) is 2. The summed E-state index contributed by atoms with van der Waals surface area (Å²) in [5.41, 5.74) is 0.00174. The van der Waals surface area contributed by atoms with Crippen LogP contribution in [0, 0.1) is 5.82 Å². The van der Waals surface area contributed by atoms with E-state index in [4.69, 9.17) is 11.6 Å². The van der Waals surface area contributed by atoms with Gasteiger partial charge >= 0.3 is 0 Å². The molecule has 1 aliphatic rings. The molecule has 1 amide bonds. The first-order valence-corrected chi connectivity index (χ1v) is 6.52. The second kappa shape index (κ2) is 6.16. The molecule has 0 aliphatic carbocycles. The predicted octanol–water partition coefficient (Wildman–Crippen LogP) is 2.35. The molecule has 0 saturated carbocycles. The Morgan fingerprint density at radius 1 is 1.56 bits per heavy atom. The van der Waals surface area contributed by atoms with E-state index in [2.05, 4.69) is 10.6 Å². The molecule has 1 aliphatic heterocycles. The van der Waals surface area contributed by atoms with Gasteiger partial charge in [-0.1, -0.05) is 17.7 Å². The van der Waals surface area contributed by atoms with Crippen LogP contribution in [0.1, 0.15) is 29.6 Å². The largest absolute Gasteiger partial charge is 0.352 e. The SMILES string of the molecule is O=C(NCC[C@H]1CCCN1)c1cccc(Cl)c1F. The average Bonchev–Trinajstić information content (AvgIpc) is 2.85. The van der Waals surface area contributed by atoms with Gasteiger partial charge in [-0.15, -0.1) is 0 Å². The van der Waals surface area contributed by atoms with Crippen molar-refractivity contribution in [2.45, 2.75) is 25.3 Å². The highest BCUT2D eigenvalue weighted by Gasteiger charge is 2.16. The van der Waals surface area contributed by atoms with Gasteiger partial charge in [-0.2, -0.15) is 0 Å². The van der Waals surface area contributed by atoms with E-state index < -0.39 is 11.7 Å². The first-order chi connectivity index (χ1) is 8.68. The van der Waals surface area contributed by atoms with Crippen LogP contribution in [0.25, 0.3) is 0 Å². The molecule has 5 heteroatoms. The number of rotatable bonds is 4. The second-order valence-electron chi connectivity index (χ2n) is 4.44. The lowest BCUT2D eigenvalue weighted by molar-refractivity contribution is 0.0948. The summed E-state index contributed by atoms with van der Waals surface area (Å²) in [4.78, 5) is 11.8. The molecule has 1 saturated heterocycles. The molecule has 1 aromatic carbocycles. The molecule has 0 unspecified atom stereocenters. The van der Waals surface area contributed by atoms with Gasteiger partial charge in [0.05, 0.1) is 10.6 Å². The molecule has 0 bridgehead atoms. The number of hydrogen-bond acceptors (Lipinski definition) is 2. The second-order valence-corrected chi connectivity index (χ2v) is 4.85. The Balaban J connectivity index is 1.85. The Hall–Kier alpha value is -1.13. The Kier molecular flexibility index (Phi) is 4.55. The molecule has 1 heterocycles. The Bertz CT molecular complexity index is 433. The topological polar surface area (TPSA) is 41.1 Å². The van der Waals surface area contributed by atoms with Crippen LogP contribution in [-0.2, 0) is 0 Å². The summed E-state index contributed by atoms with van der Waals surface area (Å²) in [5.74, 6) is -1.07. The fourth-order valence-corrected chi connectivity index (χ4v) is 2.31.